The van der Waals surface area contributed by atoms with Crippen LogP contribution in [0.15, 0.2) is 47.8 Å². The Morgan fingerprint density at radius 3 is 2.52 bits per heavy atom. The van der Waals surface area contributed by atoms with Crippen molar-refractivity contribution in [1.82, 2.24) is 39.8 Å². The van der Waals surface area contributed by atoms with Crippen molar-refractivity contribution >= 4 is 29.3 Å². The quantitative estimate of drug-likeness (QED) is 0.377. The van der Waals surface area contributed by atoms with E-state index in [1.807, 2.05) is 45.9 Å². The summed E-state index contributed by atoms with van der Waals surface area (Å²) in [4.78, 5) is 36.4. The van der Waals surface area contributed by atoms with Crippen molar-refractivity contribution in [2.24, 2.45) is 4.99 Å². The van der Waals surface area contributed by atoms with Gasteiger partial charge in [0.2, 0.25) is 5.95 Å². The van der Waals surface area contributed by atoms with E-state index in [0.29, 0.717) is 55.2 Å². The molecule has 1 saturated heterocycles. The lowest BCUT2D eigenvalue weighted by atomic mass is 9.87. The van der Waals surface area contributed by atoms with Crippen LogP contribution in [0.2, 0.25) is 0 Å². The molecule has 1 fully saturated rings. The van der Waals surface area contributed by atoms with Gasteiger partial charge in [0.25, 0.3) is 5.91 Å². The van der Waals surface area contributed by atoms with Crippen LogP contribution in [0, 0.1) is 19.7 Å². The molecular weight excluding hydrogens is 513 g/mol. The van der Waals surface area contributed by atoms with E-state index in [4.69, 9.17) is 9.98 Å². The monoisotopic (exact) mass is 543 g/mol. The number of piperidine rings is 1. The molecule has 6 rings (SSSR count). The number of nitrogens with zero attached hydrogens (tertiary/aromatic N) is 9. The van der Waals surface area contributed by atoms with Crippen molar-refractivity contribution in [2.75, 3.05) is 23.3 Å². The highest BCUT2D eigenvalue weighted by Gasteiger charge is 2.50. The Morgan fingerprint density at radius 2 is 1.88 bits per heavy atom. The van der Waals surface area contributed by atoms with Gasteiger partial charge in [-0.2, -0.15) is 15.2 Å². The Balaban J connectivity index is 1.14. The number of hydrogen-bond donors (Lipinski definition) is 2. The van der Waals surface area contributed by atoms with Crippen molar-refractivity contribution in [3.63, 3.8) is 0 Å². The van der Waals surface area contributed by atoms with Crippen LogP contribution in [0.25, 0.3) is 5.82 Å². The third kappa shape index (κ3) is 4.67. The molecule has 2 aliphatic rings. The molecular formula is C27H30FN11O. The zero-order valence-electron chi connectivity index (χ0n) is 22.8. The minimum absolute atomic E-state index is 0.00297. The van der Waals surface area contributed by atoms with Crippen LogP contribution in [-0.2, 0) is 4.79 Å². The number of pyridine rings is 1. The lowest BCUT2D eigenvalue weighted by Crippen LogP contribution is -2.50. The van der Waals surface area contributed by atoms with E-state index in [9.17, 15) is 9.18 Å². The van der Waals surface area contributed by atoms with E-state index in [1.165, 1.54) is 10.9 Å². The molecule has 40 heavy (non-hydrogen) atoms. The Labute approximate surface area is 230 Å². The molecule has 0 radical (unpaired) electrons. The molecule has 0 aliphatic carbocycles. The number of hydrogen-bond acceptors (Lipinski definition) is 9. The summed E-state index contributed by atoms with van der Waals surface area (Å²) in [6.45, 7) is 8.92. The van der Waals surface area contributed by atoms with Gasteiger partial charge in [-0.05, 0) is 52.2 Å². The van der Waals surface area contributed by atoms with Crippen LogP contribution in [0.3, 0.4) is 0 Å². The molecule has 2 N–H and O–H groups in total. The summed E-state index contributed by atoms with van der Waals surface area (Å²) < 4.78 is 14.7. The van der Waals surface area contributed by atoms with Crippen LogP contribution in [0.5, 0.6) is 0 Å². The number of carbonyl (C=O) groups excluding carboxylic acids is 1. The smallest absolute Gasteiger partial charge is 0.256 e. The van der Waals surface area contributed by atoms with Gasteiger partial charge in [-0.25, -0.2) is 19.0 Å². The van der Waals surface area contributed by atoms with Gasteiger partial charge in [0.05, 0.1) is 18.4 Å². The fourth-order valence-electron chi connectivity index (χ4n) is 5.37. The van der Waals surface area contributed by atoms with E-state index in [-0.39, 0.29) is 11.9 Å². The standard InChI is InChI=1S/C27H30FN11O/c1-16-11-22(32-23-12-17(2)35-36-23)33-26(31-16)37-9-7-27(8-10-37)25(40)39(19(4)34-27)18(3)20-5-6-24(29-13-20)38-15-21(28)14-30-38/h5-6,11-15,18H,7-10H2,1-4H3,(H2,31,32,33,35,36). The zero-order chi connectivity index (χ0) is 28.0. The van der Waals surface area contributed by atoms with Crippen molar-refractivity contribution < 1.29 is 9.18 Å². The molecule has 206 valence electrons. The molecule has 0 bridgehead atoms. The normalized spacial score (nSPS) is 17.4. The second-order valence-corrected chi connectivity index (χ2v) is 10.3. The number of aryl methyl sites for hydroxylation is 2. The van der Waals surface area contributed by atoms with Crippen LogP contribution in [0.1, 0.15) is 49.7 Å². The Hall–Kier alpha value is -4.68. The van der Waals surface area contributed by atoms with Gasteiger partial charge in [0, 0.05) is 42.8 Å². The first-order valence-electron chi connectivity index (χ1n) is 13.2. The van der Waals surface area contributed by atoms with Gasteiger partial charge in [-0.3, -0.25) is 19.8 Å². The molecule has 1 atom stereocenters. The summed E-state index contributed by atoms with van der Waals surface area (Å²) >= 11 is 0. The molecule has 1 unspecified atom stereocenters. The molecule has 0 saturated carbocycles. The molecule has 2 aliphatic heterocycles. The van der Waals surface area contributed by atoms with E-state index in [1.54, 1.807) is 17.2 Å². The summed E-state index contributed by atoms with van der Waals surface area (Å²) in [5.41, 5.74) is 1.85. The summed E-state index contributed by atoms with van der Waals surface area (Å²) in [5, 5.41) is 14.3. The highest BCUT2D eigenvalue weighted by molar-refractivity contribution is 6.07. The minimum Gasteiger partial charge on any atom is -0.341 e. The second kappa shape index (κ2) is 9.81. The second-order valence-electron chi connectivity index (χ2n) is 10.3. The third-order valence-corrected chi connectivity index (χ3v) is 7.45. The number of aliphatic imine (C=N–C) groups is 1. The summed E-state index contributed by atoms with van der Waals surface area (Å²) in [5.74, 6) is 2.73. The minimum atomic E-state index is -0.799. The molecule has 4 aromatic heterocycles. The maximum Gasteiger partial charge on any atom is 0.256 e. The average molecular weight is 544 g/mol. The molecule has 1 spiro atoms. The van der Waals surface area contributed by atoms with Gasteiger partial charge in [0.15, 0.2) is 17.5 Å². The van der Waals surface area contributed by atoms with E-state index in [0.717, 1.165) is 23.1 Å². The average Bonchev–Trinajstić information content (AvgIpc) is 3.61. The number of amidine groups is 1. The lowest BCUT2D eigenvalue weighted by Gasteiger charge is -2.37. The van der Waals surface area contributed by atoms with Gasteiger partial charge < -0.3 is 10.2 Å². The Bertz CT molecular complexity index is 1580. The SMILES string of the molecule is CC1=NC2(CCN(c3nc(C)cc(Nc4cc(C)[nH]n4)n3)CC2)C(=O)N1C(C)c1ccc(-n2cc(F)cn2)nc1. The zero-order valence-corrected chi connectivity index (χ0v) is 22.8. The molecule has 6 heterocycles. The number of H-pyrrole nitrogens is 1. The highest BCUT2D eigenvalue weighted by Crippen LogP contribution is 2.38. The van der Waals surface area contributed by atoms with Gasteiger partial charge in [-0.1, -0.05) is 6.07 Å². The summed E-state index contributed by atoms with van der Waals surface area (Å²) in [6.07, 6.45) is 5.22. The van der Waals surface area contributed by atoms with Crippen LogP contribution >= 0.6 is 0 Å². The number of aromatic nitrogens is 7. The largest absolute Gasteiger partial charge is 0.341 e. The molecule has 1 amide bonds. The predicted molar refractivity (Wildman–Crippen MR) is 147 cm³/mol. The van der Waals surface area contributed by atoms with E-state index >= 15 is 0 Å². The Morgan fingerprint density at radius 1 is 1.07 bits per heavy atom. The van der Waals surface area contributed by atoms with Crippen LogP contribution in [-0.4, -0.2) is 70.2 Å². The summed E-state index contributed by atoms with van der Waals surface area (Å²) in [6, 6.07) is 7.17. The van der Waals surface area contributed by atoms with Gasteiger partial charge in [0.1, 0.15) is 17.2 Å². The topological polar surface area (TPSA) is 133 Å². The van der Waals surface area contributed by atoms with Gasteiger partial charge >= 0.3 is 0 Å². The third-order valence-electron chi connectivity index (χ3n) is 7.45. The van der Waals surface area contributed by atoms with Crippen molar-refractivity contribution in [1.29, 1.82) is 0 Å². The van der Waals surface area contributed by atoms with E-state index in [2.05, 4.69) is 35.5 Å². The molecule has 13 heteroatoms. The summed E-state index contributed by atoms with van der Waals surface area (Å²) in [7, 11) is 0. The molecule has 4 aromatic rings. The maximum absolute atomic E-state index is 13.8. The first-order chi connectivity index (χ1) is 19.2. The Kier molecular flexibility index (Phi) is 6.28. The highest BCUT2D eigenvalue weighted by atomic mass is 19.1. The van der Waals surface area contributed by atoms with Crippen molar-refractivity contribution in [3.8, 4) is 5.82 Å². The van der Waals surface area contributed by atoms with Crippen molar-refractivity contribution in [3.05, 3.63) is 65.6 Å². The van der Waals surface area contributed by atoms with Crippen molar-refractivity contribution in [2.45, 2.75) is 52.1 Å². The fourth-order valence-corrected chi connectivity index (χ4v) is 5.37. The molecule has 0 aromatic carbocycles. The number of nitrogens with one attached hydrogen (secondary N) is 2. The number of amides is 1. The molecule has 12 nitrogen and oxygen atoms in total. The fraction of sp³-hybridized carbons (Fsp3) is 0.370. The predicted octanol–water partition coefficient (Wildman–Crippen LogP) is 3.64. The van der Waals surface area contributed by atoms with Gasteiger partial charge in [-0.15, -0.1) is 0 Å². The van der Waals surface area contributed by atoms with E-state index < -0.39 is 11.4 Å². The number of carbonyl (C=O) groups is 1. The first kappa shape index (κ1) is 25.6. The lowest BCUT2D eigenvalue weighted by molar-refractivity contribution is -0.133. The number of rotatable bonds is 6. The number of halogens is 1. The first-order valence-corrected chi connectivity index (χ1v) is 13.2. The van der Waals surface area contributed by atoms with Crippen LogP contribution in [0.4, 0.5) is 22.0 Å². The van der Waals surface area contributed by atoms with Crippen LogP contribution < -0.4 is 10.2 Å². The number of anilines is 3. The maximum atomic E-state index is 13.8. The number of aromatic amines is 1.